The molecule has 0 radical (unpaired) electrons. The fraction of sp³-hybridized carbons (Fsp3) is 0.312. The molecule has 3 rings (SSSR count). The number of H-pyrrole nitrogens is 1. The first-order valence-corrected chi connectivity index (χ1v) is 9.59. The Balaban J connectivity index is 1.61. The van der Waals surface area contributed by atoms with Crippen LogP contribution in [0.25, 0.3) is 0 Å². The summed E-state index contributed by atoms with van der Waals surface area (Å²) in [7, 11) is -3.41. The van der Waals surface area contributed by atoms with Crippen LogP contribution >= 0.6 is 11.6 Å². The van der Waals surface area contributed by atoms with E-state index in [1.165, 1.54) is 4.31 Å². The Hall–Kier alpha value is -1.83. The van der Waals surface area contributed by atoms with E-state index in [0.29, 0.717) is 42.3 Å². The number of benzene rings is 1. The minimum atomic E-state index is -3.41. The van der Waals surface area contributed by atoms with Gasteiger partial charge in [0, 0.05) is 43.6 Å². The van der Waals surface area contributed by atoms with Gasteiger partial charge < -0.3 is 9.88 Å². The maximum absolute atomic E-state index is 12.5. The predicted molar refractivity (Wildman–Crippen MR) is 92.3 cm³/mol. The topological polar surface area (TPSA) is 73.5 Å². The fourth-order valence-electron chi connectivity index (χ4n) is 2.69. The van der Waals surface area contributed by atoms with Crippen molar-refractivity contribution in [3.63, 3.8) is 0 Å². The monoisotopic (exact) mass is 367 g/mol. The van der Waals surface area contributed by atoms with Crippen molar-refractivity contribution in [2.45, 2.75) is 5.75 Å². The summed E-state index contributed by atoms with van der Waals surface area (Å²) in [5.41, 5.74) is 1.29. The predicted octanol–water partition coefficient (Wildman–Crippen LogP) is 1.96. The number of aromatic nitrogens is 1. The van der Waals surface area contributed by atoms with Crippen LogP contribution in [0.2, 0.25) is 5.02 Å². The summed E-state index contributed by atoms with van der Waals surface area (Å²) in [6, 6.07) is 8.50. The van der Waals surface area contributed by atoms with Crippen LogP contribution in [-0.4, -0.2) is 54.7 Å². The van der Waals surface area contributed by atoms with Gasteiger partial charge in [-0.25, -0.2) is 8.42 Å². The molecule has 0 saturated carbocycles. The number of carbonyl (C=O) groups excluding carboxylic acids is 1. The molecule has 0 bridgehead atoms. The highest BCUT2D eigenvalue weighted by atomic mass is 35.5. The largest absolute Gasteiger partial charge is 0.367 e. The summed E-state index contributed by atoms with van der Waals surface area (Å²) >= 11 is 5.82. The second-order valence-electron chi connectivity index (χ2n) is 5.67. The maximum Gasteiger partial charge on any atom is 0.255 e. The molecule has 24 heavy (non-hydrogen) atoms. The summed E-state index contributed by atoms with van der Waals surface area (Å²) in [4.78, 5) is 16.8. The lowest BCUT2D eigenvalue weighted by atomic mass is 10.2. The number of nitrogens with one attached hydrogen (secondary N) is 1. The van der Waals surface area contributed by atoms with Crippen LogP contribution in [0, 0.1) is 0 Å². The zero-order valence-corrected chi connectivity index (χ0v) is 14.6. The molecule has 128 valence electrons. The van der Waals surface area contributed by atoms with Gasteiger partial charge in [0.1, 0.15) is 0 Å². The average Bonchev–Trinajstić information content (AvgIpc) is 3.11. The van der Waals surface area contributed by atoms with Gasteiger partial charge in [0.25, 0.3) is 5.91 Å². The molecular formula is C16H18ClN3O3S. The summed E-state index contributed by atoms with van der Waals surface area (Å²) in [6.07, 6.45) is 3.34. The fourth-order valence-corrected chi connectivity index (χ4v) is 4.33. The van der Waals surface area contributed by atoms with Gasteiger partial charge in [-0.2, -0.15) is 4.31 Å². The normalized spacial score (nSPS) is 16.3. The Bertz CT molecular complexity index is 796. The van der Waals surface area contributed by atoms with Gasteiger partial charge in [-0.3, -0.25) is 4.79 Å². The molecule has 6 nitrogen and oxygen atoms in total. The van der Waals surface area contributed by atoms with Crippen molar-refractivity contribution in [2.75, 3.05) is 26.2 Å². The molecule has 8 heteroatoms. The molecule has 1 aromatic heterocycles. The third-order valence-electron chi connectivity index (χ3n) is 4.03. The molecular weight excluding hydrogens is 350 g/mol. The Kier molecular flexibility index (Phi) is 4.93. The summed E-state index contributed by atoms with van der Waals surface area (Å²) < 4.78 is 26.5. The Labute approximate surface area is 146 Å². The van der Waals surface area contributed by atoms with Crippen molar-refractivity contribution >= 4 is 27.5 Å². The number of rotatable bonds is 4. The van der Waals surface area contributed by atoms with Crippen LogP contribution in [0.1, 0.15) is 15.9 Å². The molecule has 1 aliphatic heterocycles. The van der Waals surface area contributed by atoms with E-state index in [9.17, 15) is 13.2 Å². The lowest BCUT2D eigenvalue weighted by Gasteiger charge is -2.33. The van der Waals surface area contributed by atoms with E-state index in [0.717, 1.165) is 0 Å². The van der Waals surface area contributed by atoms with Gasteiger partial charge in [-0.05, 0) is 23.8 Å². The summed E-state index contributed by atoms with van der Waals surface area (Å²) in [6.45, 7) is 1.41. The Morgan fingerprint density at radius 2 is 1.75 bits per heavy atom. The quantitative estimate of drug-likeness (QED) is 0.897. The summed E-state index contributed by atoms with van der Waals surface area (Å²) in [5, 5.41) is 0.577. The molecule has 2 aromatic rings. The van der Waals surface area contributed by atoms with Crippen LogP contribution in [0.3, 0.4) is 0 Å². The van der Waals surface area contributed by atoms with Gasteiger partial charge in [-0.1, -0.05) is 23.7 Å². The van der Waals surface area contributed by atoms with E-state index in [1.807, 2.05) is 0 Å². The SMILES string of the molecule is O=C(c1cc[nH]c1)N1CCN(S(=O)(=O)Cc2ccc(Cl)cc2)CC1. The number of hydrogen-bond acceptors (Lipinski definition) is 3. The highest BCUT2D eigenvalue weighted by molar-refractivity contribution is 7.88. The molecule has 1 N–H and O–H groups in total. The van der Waals surface area contributed by atoms with Crippen molar-refractivity contribution in [3.8, 4) is 0 Å². The zero-order chi connectivity index (χ0) is 17.2. The smallest absolute Gasteiger partial charge is 0.255 e. The van der Waals surface area contributed by atoms with Crippen LogP contribution in [-0.2, 0) is 15.8 Å². The van der Waals surface area contributed by atoms with E-state index >= 15 is 0 Å². The first kappa shape index (κ1) is 17.0. The maximum atomic E-state index is 12.5. The third-order valence-corrected chi connectivity index (χ3v) is 6.13. The molecule has 1 saturated heterocycles. The standard InChI is InChI=1S/C16H18ClN3O3S/c17-15-3-1-13(2-4-15)12-24(22,23)20-9-7-19(8-10-20)16(21)14-5-6-18-11-14/h1-6,11,18H,7-10,12H2. The molecule has 0 atom stereocenters. The number of aromatic amines is 1. The first-order valence-electron chi connectivity index (χ1n) is 7.60. The number of hydrogen-bond donors (Lipinski definition) is 1. The second-order valence-corrected chi connectivity index (χ2v) is 8.08. The minimum Gasteiger partial charge on any atom is -0.367 e. The first-order chi connectivity index (χ1) is 11.5. The number of halogens is 1. The van der Waals surface area contributed by atoms with Crippen molar-refractivity contribution < 1.29 is 13.2 Å². The molecule has 1 fully saturated rings. The number of piperazine rings is 1. The van der Waals surface area contributed by atoms with E-state index in [-0.39, 0.29) is 11.7 Å². The lowest BCUT2D eigenvalue weighted by molar-refractivity contribution is 0.0698. The molecule has 1 aliphatic rings. The van der Waals surface area contributed by atoms with Crippen LogP contribution in [0.15, 0.2) is 42.7 Å². The molecule has 0 unspecified atom stereocenters. The zero-order valence-electron chi connectivity index (χ0n) is 13.0. The highest BCUT2D eigenvalue weighted by Gasteiger charge is 2.29. The van der Waals surface area contributed by atoms with Gasteiger partial charge in [0.2, 0.25) is 10.0 Å². The molecule has 1 amide bonds. The van der Waals surface area contributed by atoms with E-state index < -0.39 is 10.0 Å². The number of amides is 1. The number of sulfonamides is 1. The molecule has 0 spiro atoms. The minimum absolute atomic E-state index is 0.0596. The highest BCUT2D eigenvalue weighted by Crippen LogP contribution is 2.17. The van der Waals surface area contributed by atoms with Crippen LogP contribution < -0.4 is 0 Å². The molecule has 2 heterocycles. The second kappa shape index (κ2) is 6.96. The van der Waals surface area contributed by atoms with Crippen molar-refractivity contribution in [2.24, 2.45) is 0 Å². The third kappa shape index (κ3) is 3.80. The van der Waals surface area contributed by atoms with Gasteiger partial charge in [0.15, 0.2) is 0 Å². The molecule has 1 aromatic carbocycles. The van der Waals surface area contributed by atoms with Gasteiger partial charge in [0.05, 0.1) is 11.3 Å². The van der Waals surface area contributed by atoms with Crippen LogP contribution in [0.4, 0.5) is 0 Å². The van der Waals surface area contributed by atoms with Crippen molar-refractivity contribution in [3.05, 3.63) is 58.9 Å². The van der Waals surface area contributed by atoms with Gasteiger partial charge in [-0.15, -0.1) is 0 Å². The van der Waals surface area contributed by atoms with E-state index in [2.05, 4.69) is 4.98 Å². The van der Waals surface area contributed by atoms with Crippen molar-refractivity contribution in [1.29, 1.82) is 0 Å². The number of nitrogens with zero attached hydrogens (tertiary/aromatic N) is 2. The lowest BCUT2D eigenvalue weighted by Crippen LogP contribution is -2.50. The molecule has 0 aliphatic carbocycles. The van der Waals surface area contributed by atoms with Crippen LogP contribution in [0.5, 0.6) is 0 Å². The van der Waals surface area contributed by atoms with E-state index in [4.69, 9.17) is 11.6 Å². The Morgan fingerprint density at radius 3 is 2.33 bits per heavy atom. The number of carbonyl (C=O) groups is 1. The van der Waals surface area contributed by atoms with Crippen molar-refractivity contribution in [1.82, 2.24) is 14.2 Å². The van der Waals surface area contributed by atoms with Gasteiger partial charge >= 0.3 is 0 Å². The van der Waals surface area contributed by atoms with E-state index in [1.54, 1.807) is 47.6 Å². The Morgan fingerprint density at radius 1 is 1.08 bits per heavy atom. The summed E-state index contributed by atoms with van der Waals surface area (Å²) in [5.74, 6) is -0.137. The average molecular weight is 368 g/mol.